The Morgan fingerprint density at radius 2 is 2.03 bits per heavy atom. The number of carbonyl (C=O) groups excluding carboxylic acids is 2. The van der Waals surface area contributed by atoms with Crippen molar-refractivity contribution in [2.24, 2.45) is 0 Å². The van der Waals surface area contributed by atoms with E-state index in [2.05, 4.69) is 17.2 Å². The standard InChI is InChI=1S/C24H26N2O4/c1-4-6-11-17-16(3)10-9-13-19(17)25-24(28)26-20-15-22(23(27)29-5-2)30-21-14-8-7-12-18(20)21/h4,6-14,20,22H,3,5,15H2,1-2H3,(H2,25,26,28)/b6-4-,17-11+. The van der Waals surface area contributed by atoms with Gasteiger partial charge in [-0.15, -0.1) is 0 Å². The minimum atomic E-state index is -0.771. The molecule has 0 aromatic heterocycles. The molecule has 2 unspecified atom stereocenters. The van der Waals surface area contributed by atoms with Crippen LogP contribution in [0.2, 0.25) is 0 Å². The molecular formula is C24H26N2O4. The van der Waals surface area contributed by atoms with Crippen molar-refractivity contribution in [3.8, 4) is 5.75 Å². The lowest BCUT2D eigenvalue weighted by atomic mass is 9.96. The number of amides is 2. The van der Waals surface area contributed by atoms with Crippen molar-refractivity contribution in [3.05, 3.63) is 70.6 Å². The van der Waals surface area contributed by atoms with Gasteiger partial charge in [0.05, 0.1) is 18.3 Å². The highest BCUT2D eigenvalue weighted by atomic mass is 16.6. The molecule has 0 radical (unpaired) electrons. The fourth-order valence-electron chi connectivity index (χ4n) is 3.36. The first-order valence-electron chi connectivity index (χ1n) is 9.94. The Kier molecular flexibility index (Phi) is 6.91. The Bertz CT molecular complexity index is 1060. The summed E-state index contributed by atoms with van der Waals surface area (Å²) < 4.78 is 10.9. The molecule has 0 spiro atoms. The Labute approximate surface area is 175 Å². The number of ether oxygens (including phenoxy) is 2. The van der Waals surface area contributed by atoms with Gasteiger partial charge in [0.15, 0.2) is 6.10 Å². The van der Waals surface area contributed by atoms with Crippen LogP contribution in [0.25, 0.3) is 12.7 Å². The van der Waals surface area contributed by atoms with Crippen LogP contribution in [0.15, 0.2) is 54.6 Å². The molecule has 0 bridgehead atoms. The molecule has 0 fully saturated rings. The highest BCUT2D eigenvalue weighted by Gasteiger charge is 2.34. The largest absolute Gasteiger partial charge is 0.478 e. The van der Waals surface area contributed by atoms with E-state index in [1.54, 1.807) is 13.0 Å². The van der Waals surface area contributed by atoms with Crippen LogP contribution >= 0.6 is 0 Å². The first kappa shape index (κ1) is 21.2. The number of carbonyl (C=O) groups is 2. The molecule has 2 N–H and O–H groups in total. The van der Waals surface area contributed by atoms with Gasteiger partial charge in [-0.3, -0.25) is 0 Å². The highest BCUT2D eigenvalue weighted by Crippen LogP contribution is 2.35. The number of hydrogen-bond acceptors (Lipinski definition) is 4. The van der Waals surface area contributed by atoms with Crippen LogP contribution in [0, 0.1) is 0 Å². The third kappa shape index (κ3) is 4.89. The lowest BCUT2D eigenvalue weighted by Crippen LogP contribution is -2.42. The summed E-state index contributed by atoms with van der Waals surface area (Å²) in [7, 11) is 0. The number of hydrogen-bond donors (Lipinski definition) is 2. The number of anilines is 1. The summed E-state index contributed by atoms with van der Waals surface area (Å²) >= 11 is 0. The van der Waals surface area contributed by atoms with Gasteiger partial charge in [0, 0.05) is 17.2 Å². The number of fused-ring (bicyclic) bond motifs is 1. The molecule has 0 saturated carbocycles. The van der Waals surface area contributed by atoms with Gasteiger partial charge in [-0.1, -0.05) is 55.1 Å². The van der Waals surface area contributed by atoms with Gasteiger partial charge >= 0.3 is 12.0 Å². The van der Waals surface area contributed by atoms with Crippen molar-refractivity contribution in [3.63, 3.8) is 0 Å². The van der Waals surface area contributed by atoms with Gasteiger partial charge in [0.25, 0.3) is 0 Å². The van der Waals surface area contributed by atoms with Crippen molar-refractivity contribution >= 4 is 30.3 Å². The molecule has 0 saturated heterocycles. The van der Waals surface area contributed by atoms with Crippen LogP contribution in [0.1, 0.15) is 31.9 Å². The zero-order valence-electron chi connectivity index (χ0n) is 17.2. The first-order valence-corrected chi connectivity index (χ1v) is 9.94. The maximum absolute atomic E-state index is 12.8. The van der Waals surface area contributed by atoms with E-state index in [-0.39, 0.29) is 19.1 Å². The van der Waals surface area contributed by atoms with E-state index in [4.69, 9.17) is 9.47 Å². The number of benzene rings is 2. The van der Waals surface area contributed by atoms with Gasteiger partial charge in [0.2, 0.25) is 0 Å². The lowest BCUT2D eigenvalue weighted by Gasteiger charge is -2.31. The fourth-order valence-corrected chi connectivity index (χ4v) is 3.36. The fraction of sp³-hybridized carbons (Fsp3) is 0.250. The molecule has 30 heavy (non-hydrogen) atoms. The minimum absolute atomic E-state index is 0.270. The second-order valence-corrected chi connectivity index (χ2v) is 6.85. The number of rotatable bonds is 5. The van der Waals surface area contributed by atoms with Crippen molar-refractivity contribution in [1.82, 2.24) is 5.32 Å². The molecule has 3 rings (SSSR count). The van der Waals surface area contributed by atoms with Crippen LogP contribution in [-0.2, 0) is 9.53 Å². The zero-order chi connectivity index (χ0) is 21.5. The van der Waals surface area contributed by atoms with Gasteiger partial charge in [-0.2, -0.15) is 0 Å². The minimum Gasteiger partial charge on any atom is -0.478 e. The van der Waals surface area contributed by atoms with Gasteiger partial charge in [0.1, 0.15) is 5.75 Å². The van der Waals surface area contributed by atoms with Crippen LogP contribution < -0.4 is 25.8 Å². The summed E-state index contributed by atoms with van der Waals surface area (Å²) in [5.74, 6) is 0.126. The summed E-state index contributed by atoms with van der Waals surface area (Å²) in [6.45, 7) is 7.97. The summed E-state index contributed by atoms with van der Waals surface area (Å²) in [6, 6.07) is 12.1. The number of para-hydroxylation sites is 1. The maximum Gasteiger partial charge on any atom is 0.347 e. The highest BCUT2D eigenvalue weighted by molar-refractivity contribution is 5.90. The number of urea groups is 1. The molecule has 0 aliphatic carbocycles. The summed E-state index contributed by atoms with van der Waals surface area (Å²) in [6.07, 6.45) is 5.22. The molecule has 2 aromatic carbocycles. The molecule has 6 heteroatoms. The van der Waals surface area contributed by atoms with Crippen molar-refractivity contribution in [1.29, 1.82) is 0 Å². The Balaban J connectivity index is 1.82. The van der Waals surface area contributed by atoms with E-state index in [9.17, 15) is 9.59 Å². The SMILES string of the molecule is C=c1cccc(NC(=O)NC2CC(C(=O)OCC)Oc3ccccc32)/c1=C/C=C\C. The quantitative estimate of drug-likeness (QED) is 0.749. The van der Waals surface area contributed by atoms with E-state index in [1.807, 2.05) is 61.5 Å². The average Bonchev–Trinajstić information content (AvgIpc) is 2.73. The Morgan fingerprint density at radius 3 is 2.80 bits per heavy atom. The Hall–Kier alpha value is -3.54. The van der Waals surface area contributed by atoms with Gasteiger partial charge < -0.3 is 20.1 Å². The topological polar surface area (TPSA) is 76.7 Å². The molecule has 2 amide bonds. The molecule has 2 atom stereocenters. The number of nitrogens with one attached hydrogen (secondary N) is 2. The van der Waals surface area contributed by atoms with Gasteiger partial charge in [-0.05, 0) is 31.2 Å². The first-order chi connectivity index (χ1) is 14.5. The molecule has 6 nitrogen and oxygen atoms in total. The molecular weight excluding hydrogens is 380 g/mol. The maximum atomic E-state index is 12.8. The third-order valence-electron chi connectivity index (χ3n) is 4.77. The van der Waals surface area contributed by atoms with Crippen LogP contribution in [-0.4, -0.2) is 24.7 Å². The van der Waals surface area contributed by atoms with E-state index in [0.29, 0.717) is 11.4 Å². The monoisotopic (exact) mass is 406 g/mol. The van der Waals surface area contributed by atoms with Crippen molar-refractivity contribution in [2.75, 3.05) is 11.9 Å². The molecule has 156 valence electrons. The van der Waals surface area contributed by atoms with E-state index in [1.165, 1.54) is 0 Å². The second-order valence-electron chi connectivity index (χ2n) is 6.85. The van der Waals surface area contributed by atoms with E-state index >= 15 is 0 Å². The molecule has 1 heterocycles. The van der Waals surface area contributed by atoms with Crippen molar-refractivity contribution < 1.29 is 19.1 Å². The number of esters is 1. The Morgan fingerprint density at radius 1 is 1.23 bits per heavy atom. The van der Waals surface area contributed by atoms with Crippen LogP contribution in [0.3, 0.4) is 0 Å². The molecule has 1 aliphatic heterocycles. The third-order valence-corrected chi connectivity index (χ3v) is 4.77. The predicted molar refractivity (Wildman–Crippen MR) is 117 cm³/mol. The second kappa shape index (κ2) is 9.78. The van der Waals surface area contributed by atoms with Crippen LogP contribution in [0.5, 0.6) is 5.75 Å². The summed E-state index contributed by atoms with van der Waals surface area (Å²) in [5, 5.41) is 7.50. The molecule has 1 aliphatic rings. The predicted octanol–water partition coefficient (Wildman–Crippen LogP) is 3.03. The molecule has 2 aromatic rings. The van der Waals surface area contributed by atoms with Crippen molar-refractivity contribution in [2.45, 2.75) is 32.4 Å². The van der Waals surface area contributed by atoms with E-state index < -0.39 is 18.1 Å². The van der Waals surface area contributed by atoms with Gasteiger partial charge in [-0.25, -0.2) is 9.59 Å². The zero-order valence-corrected chi connectivity index (χ0v) is 17.2. The summed E-state index contributed by atoms with van der Waals surface area (Å²) in [4.78, 5) is 25.0. The average molecular weight is 406 g/mol. The smallest absolute Gasteiger partial charge is 0.347 e. The van der Waals surface area contributed by atoms with Crippen LogP contribution in [0.4, 0.5) is 10.5 Å². The van der Waals surface area contributed by atoms with E-state index in [0.717, 1.165) is 16.0 Å². The normalized spacial score (nSPS) is 18.4. The lowest BCUT2D eigenvalue weighted by molar-refractivity contribution is -0.152. The number of allylic oxidation sites excluding steroid dienone is 2. The summed E-state index contributed by atoms with van der Waals surface area (Å²) in [5.41, 5.74) is 1.47.